The Morgan fingerprint density at radius 3 is 2.45 bits per heavy atom. The maximum absolute atomic E-state index is 12.2. The molecule has 0 bridgehead atoms. The molecular formula is C23H27NO4S. The van der Waals surface area contributed by atoms with Crippen LogP contribution in [0.4, 0.5) is 0 Å². The van der Waals surface area contributed by atoms with Crippen LogP contribution in [-0.4, -0.2) is 33.2 Å². The van der Waals surface area contributed by atoms with Crippen molar-refractivity contribution in [1.82, 2.24) is 5.32 Å². The van der Waals surface area contributed by atoms with Crippen molar-refractivity contribution in [2.24, 2.45) is 5.92 Å². The van der Waals surface area contributed by atoms with Crippen LogP contribution in [0.3, 0.4) is 0 Å². The minimum absolute atomic E-state index is 0.0413. The lowest BCUT2D eigenvalue weighted by atomic mass is 10.0. The van der Waals surface area contributed by atoms with Gasteiger partial charge in [0.2, 0.25) is 5.91 Å². The molecule has 1 fully saturated rings. The molecule has 0 saturated heterocycles. The molecule has 154 valence electrons. The number of ether oxygens (including phenoxy) is 1. The van der Waals surface area contributed by atoms with E-state index in [2.05, 4.69) is 11.4 Å². The topological polar surface area (TPSA) is 72.5 Å². The maximum atomic E-state index is 12.2. The Balaban J connectivity index is 1.36. The van der Waals surface area contributed by atoms with E-state index in [9.17, 15) is 13.2 Å². The zero-order valence-electron chi connectivity index (χ0n) is 16.7. The fourth-order valence-electron chi connectivity index (χ4n) is 4.28. The van der Waals surface area contributed by atoms with Crippen LogP contribution in [-0.2, 0) is 21.1 Å². The summed E-state index contributed by atoms with van der Waals surface area (Å²) in [5.74, 6) is 1.54. The first-order chi connectivity index (χ1) is 13.9. The van der Waals surface area contributed by atoms with E-state index < -0.39 is 9.84 Å². The summed E-state index contributed by atoms with van der Waals surface area (Å²) < 4.78 is 29.2. The third-order valence-corrected chi connectivity index (χ3v) is 7.02. The van der Waals surface area contributed by atoms with Gasteiger partial charge in [0, 0.05) is 19.1 Å². The van der Waals surface area contributed by atoms with Gasteiger partial charge in [-0.1, -0.05) is 31.0 Å². The zero-order valence-corrected chi connectivity index (χ0v) is 17.5. The Morgan fingerprint density at radius 2 is 1.76 bits per heavy atom. The van der Waals surface area contributed by atoms with Gasteiger partial charge in [0.25, 0.3) is 0 Å². The summed E-state index contributed by atoms with van der Waals surface area (Å²) in [6.07, 6.45) is 7.40. The number of rotatable bonds is 6. The fourth-order valence-corrected chi connectivity index (χ4v) is 4.92. The molecule has 4 rings (SSSR count). The third-order valence-electron chi connectivity index (χ3n) is 5.89. The second kappa shape index (κ2) is 8.19. The highest BCUT2D eigenvalue weighted by molar-refractivity contribution is 7.90. The molecule has 0 radical (unpaired) electrons. The van der Waals surface area contributed by atoms with Gasteiger partial charge in [0.15, 0.2) is 9.84 Å². The van der Waals surface area contributed by atoms with Crippen LogP contribution >= 0.6 is 0 Å². The van der Waals surface area contributed by atoms with Crippen molar-refractivity contribution in [3.8, 4) is 16.9 Å². The number of benzene rings is 2. The third kappa shape index (κ3) is 4.81. The van der Waals surface area contributed by atoms with E-state index in [1.807, 2.05) is 24.3 Å². The standard InChI is InChI=1S/C23H27NO4S/c1-29(26,27)21-9-6-17(7-10-21)18-8-11-22-19(13-18)14-20(28-22)15-24-23(25)12-16-4-2-3-5-16/h6-11,13,16,20H,2-5,12,14-15H2,1H3,(H,24,25)/t20-/m0/s1. The van der Waals surface area contributed by atoms with Gasteiger partial charge in [-0.3, -0.25) is 4.79 Å². The lowest BCUT2D eigenvalue weighted by molar-refractivity contribution is -0.122. The molecule has 2 aromatic carbocycles. The van der Waals surface area contributed by atoms with E-state index in [4.69, 9.17) is 4.74 Å². The SMILES string of the molecule is CS(=O)(=O)c1ccc(-c2ccc3c(c2)C[C@@H](CNC(=O)CC2CCCC2)O3)cc1. The van der Waals surface area contributed by atoms with Gasteiger partial charge in [-0.15, -0.1) is 0 Å². The molecule has 29 heavy (non-hydrogen) atoms. The second-order valence-corrected chi connectivity index (χ2v) is 10.2. The smallest absolute Gasteiger partial charge is 0.220 e. The van der Waals surface area contributed by atoms with Crippen molar-refractivity contribution in [3.05, 3.63) is 48.0 Å². The number of carbonyl (C=O) groups is 1. The molecule has 1 atom stereocenters. The van der Waals surface area contributed by atoms with Crippen LogP contribution in [0.1, 0.15) is 37.7 Å². The van der Waals surface area contributed by atoms with E-state index in [-0.39, 0.29) is 12.0 Å². The number of fused-ring (bicyclic) bond motifs is 1. The van der Waals surface area contributed by atoms with Crippen LogP contribution in [0.15, 0.2) is 47.4 Å². The number of hydrogen-bond acceptors (Lipinski definition) is 4. The van der Waals surface area contributed by atoms with Gasteiger partial charge in [0.1, 0.15) is 11.9 Å². The zero-order chi connectivity index (χ0) is 20.4. The average Bonchev–Trinajstić information content (AvgIpc) is 3.34. The second-order valence-electron chi connectivity index (χ2n) is 8.22. The summed E-state index contributed by atoms with van der Waals surface area (Å²) in [4.78, 5) is 12.5. The first-order valence-corrected chi connectivity index (χ1v) is 12.1. The van der Waals surface area contributed by atoms with Crippen molar-refractivity contribution in [3.63, 3.8) is 0 Å². The largest absolute Gasteiger partial charge is 0.488 e. The summed E-state index contributed by atoms with van der Waals surface area (Å²) in [5.41, 5.74) is 3.11. The van der Waals surface area contributed by atoms with E-state index in [0.717, 1.165) is 28.9 Å². The molecule has 0 aromatic heterocycles. The first-order valence-electron chi connectivity index (χ1n) is 10.3. The lowest BCUT2D eigenvalue weighted by Gasteiger charge is -2.13. The molecule has 2 aromatic rings. The highest BCUT2D eigenvalue weighted by Crippen LogP contribution is 2.33. The van der Waals surface area contributed by atoms with Crippen molar-refractivity contribution in [2.75, 3.05) is 12.8 Å². The van der Waals surface area contributed by atoms with Crippen LogP contribution in [0.2, 0.25) is 0 Å². The molecule has 5 nitrogen and oxygen atoms in total. The molecule has 2 aliphatic rings. The van der Waals surface area contributed by atoms with Crippen molar-refractivity contribution in [2.45, 2.75) is 49.5 Å². The number of nitrogens with one attached hydrogen (secondary N) is 1. The number of sulfone groups is 1. The summed E-state index contributed by atoms with van der Waals surface area (Å²) in [5, 5.41) is 3.03. The van der Waals surface area contributed by atoms with Crippen LogP contribution in [0.5, 0.6) is 5.75 Å². The molecule has 1 aliphatic carbocycles. The molecule has 1 heterocycles. The first kappa shape index (κ1) is 20.0. The molecule has 1 aliphatic heterocycles. The van der Waals surface area contributed by atoms with E-state index in [1.54, 1.807) is 12.1 Å². The highest BCUT2D eigenvalue weighted by Gasteiger charge is 2.25. The fraction of sp³-hybridized carbons (Fsp3) is 0.435. The predicted octanol–water partition coefficient (Wildman–Crippen LogP) is 3.76. The quantitative estimate of drug-likeness (QED) is 0.783. The summed E-state index contributed by atoms with van der Waals surface area (Å²) in [6, 6.07) is 13.0. The molecule has 1 N–H and O–H groups in total. The van der Waals surface area contributed by atoms with E-state index >= 15 is 0 Å². The van der Waals surface area contributed by atoms with Gasteiger partial charge >= 0.3 is 0 Å². The van der Waals surface area contributed by atoms with Crippen molar-refractivity contribution >= 4 is 15.7 Å². The minimum Gasteiger partial charge on any atom is -0.488 e. The van der Waals surface area contributed by atoms with Gasteiger partial charge < -0.3 is 10.1 Å². The van der Waals surface area contributed by atoms with Gasteiger partial charge in [-0.2, -0.15) is 0 Å². The summed E-state index contributed by atoms with van der Waals surface area (Å²) >= 11 is 0. The summed E-state index contributed by atoms with van der Waals surface area (Å²) in [7, 11) is -3.19. The number of hydrogen-bond donors (Lipinski definition) is 1. The molecule has 0 spiro atoms. The molecule has 0 unspecified atom stereocenters. The van der Waals surface area contributed by atoms with Gasteiger partial charge in [-0.25, -0.2) is 8.42 Å². The highest BCUT2D eigenvalue weighted by atomic mass is 32.2. The Hall–Kier alpha value is -2.34. The Bertz CT molecular complexity index is 992. The Kier molecular flexibility index (Phi) is 5.63. The van der Waals surface area contributed by atoms with Crippen LogP contribution in [0.25, 0.3) is 11.1 Å². The number of amides is 1. The Labute approximate surface area is 172 Å². The average molecular weight is 414 g/mol. The number of carbonyl (C=O) groups excluding carboxylic acids is 1. The normalized spacial score (nSPS) is 19.0. The summed E-state index contributed by atoms with van der Waals surface area (Å²) in [6.45, 7) is 0.526. The minimum atomic E-state index is -3.19. The van der Waals surface area contributed by atoms with Gasteiger partial charge in [-0.05, 0) is 59.7 Å². The van der Waals surface area contributed by atoms with Crippen molar-refractivity contribution in [1.29, 1.82) is 0 Å². The predicted molar refractivity (Wildman–Crippen MR) is 113 cm³/mol. The van der Waals surface area contributed by atoms with Crippen molar-refractivity contribution < 1.29 is 17.9 Å². The lowest BCUT2D eigenvalue weighted by Crippen LogP contribution is -2.35. The molecular weight excluding hydrogens is 386 g/mol. The molecule has 1 saturated carbocycles. The van der Waals surface area contributed by atoms with E-state index in [0.29, 0.717) is 23.8 Å². The Morgan fingerprint density at radius 1 is 1.07 bits per heavy atom. The van der Waals surface area contributed by atoms with Gasteiger partial charge in [0.05, 0.1) is 11.4 Å². The monoisotopic (exact) mass is 413 g/mol. The van der Waals surface area contributed by atoms with E-state index in [1.165, 1.54) is 31.9 Å². The molecule has 1 amide bonds. The van der Waals surface area contributed by atoms with Crippen LogP contribution in [0, 0.1) is 5.92 Å². The van der Waals surface area contributed by atoms with Crippen LogP contribution < -0.4 is 10.1 Å². The molecule has 6 heteroatoms. The maximum Gasteiger partial charge on any atom is 0.220 e.